The van der Waals surface area contributed by atoms with Gasteiger partial charge in [-0.25, -0.2) is 0 Å². The molecule has 0 N–H and O–H groups in total. The topological polar surface area (TPSA) is 23.6 Å². The number of para-hydroxylation sites is 1. The lowest BCUT2D eigenvalue weighted by Gasteiger charge is -2.36. The first-order valence-corrected chi connectivity index (χ1v) is 8.96. The Labute approximate surface area is 154 Å². The summed E-state index contributed by atoms with van der Waals surface area (Å²) < 4.78 is 0. The van der Waals surface area contributed by atoms with Crippen LogP contribution in [-0.2, 0) is 4.79 Å². The molecule has 0 aromatic heterocycles. The number of carbonyl (C=O) groups is 1. The van der Waals surface area contributed by atoms with Gasteiger partial charge in [-0.2, -0.15) is 0 Å². The average molecular weight is 355 g/mol. The number of nitrogens with zero attached hydrogens (tertiary/aromatic N) is 2. The van der Waals surface area contributed by atoms with Crippen LogP contribution in [-0.4, -0.2) is 37.0 Å². The first kappa shape index (κ1) is 17.6. The molecule has 1 fully saturated rings. The second kappa shape index (κ2) is 7.75. The average Bonchev–Trinajstić information content (AvgIpc) is 2.63. The van der Waals surface area contributed by atoms with Gasteiger partial charge in [0.05, 0.1) is 0 Å². The number of benzene rings is 2. The Kier molecular flexibility index (Phi) is 5.44. The van der Waals surface area contributed by atoms with Crippen LogP contribution in [0.2, 0.25) is 5.02 Å². The van der Waals surface area contributed by atoms with Crippen molar-refractivity contribution in [3.63, 3.8) is 0 Å². The molecule has 0 bridgehead atoms. The van der Waals surface area contributed by atoms with Gasteiger partial charge in [-0.05, 0) is 48.7 Å². The van der Waals surface area contributed by atoms with Crippen LogP contribution in [0.3, 0.4) is 0 Å². The summed E-state index contributed by atoms with van der Waals surface area (Å²) in [5.74, 6) is 0.0566. The molecule has 4 heteroatoms. The predicted octanol–water partition coefficient (Wildman–Crippen LogP) is 4.32. The molecule has 1 amide bonds. The number of halogens is 1. The van der Waals surface area contributed by atoms with E-state index in [4.69, 9.17) is 11.6 Å². The van der Waals surface area contributed by atoms with Crippen molar-refractivity contribution in [2.24, 2.45) is 0 Å². The molecule has 130 valence electrons. The molecule has 3 rings (SSSR count). The highest BCUT2D eigenvalue weighted by molar-refractivity contribution is 6.31. The number of aryl methyl sites for hydroxylation is 2. The van der Waals surface area contributed by atoms with Gasteiger partial charge in [0.25, 0.3) is 0 Å². The van der Waals surface area contributed by atoms with Gasteiger partial charge in [-0.15, -0.1) is 0 Å². The quantitative estimate of drug-likeness (QED) is 0.766. The Morgan fingerprint density at radius 3 is 2.40 bits per heavy atom. The minimum absolute atomic E-state index is 0.0566. The minimum atomic E-state index is 0.0566. The first-order chi connectivity index (χ1) is 12.0. The number of hydrogen-bond acceptors (Lipinski definition) is 2. The molecule has 0 aliphatic carbocycles. The van der Waals surface area contributed by atoms with E-state index in [1.165, 1.54) is 11.3 Å². The Morgan fingerprint density at radius 2 is 1.72 bits per heavy atom. The Balaban J connectivity index is 1.59. The fourth-order valence-electron chi connectivity index (χ4n) is 3.07. The maximum absolute atomic E-state index is 12.4. The van der Waals surface area contributed by atoms with E-state index in [1.807, 2.05) is 36.1 Å². The number of piperazine rings is 1. The molecule has 0 radical (unpaired) electrons. The van der Waals surface area contributed by atoms with Crippen molar-refractivity contribution in [2.75, 3.05) is 31.1 Å². The summed E-state index contributed by atoms with van der Waals surface area (Å²) in [4.78, 5) is 16.7. The highest BCUT2D eigenvalue weighted by Crippen LogP contribution is 2.21. The van der Waals surface area contributed by atoms with Crippen LogP contribution in [0.15, 0.2) is 48.5 Å². The van der Waals surface area contributed by atoms with E-state index >= 15 is 0 Å². The zero-order valence-corrected chi connectivity index (χ0v) is 15.5. The summed E-state index contributed by atoms with van der Waals surface area (Å²) >= 11 is 6.13. The third kappa shape index (κ3) is 4.23. The molecule has 0 atom stereocenters. The largest absolute Gasteiger partial charge is 0.368 e. The molecule has 0 unspecified atom stereocenters. The predicted molar refractivity (Wildman–Crippen MR) is 105 cm³/mol. The lowest BCUT2D eigenvalue weighted by Crippen LogP contribution is -2.48. The van der Waals surface area contributed by atoms with Crippen LogP contribution in [0.1, 0.15) is 16.7 Å². The smallest absolute Gasteiger partial charge is 0.246 e. The molecule has 2 aromatic carbocycles. The molecule has 1 heterocycles. The van der Waals surface area contributed by atoms with E-state index < -0.39 is 0 Å². The lowest BCUT2D eigenvalue weighted by molar-refractivity contribution is -0.126. The van der Waals surface area contributed by atoms with E-state index in [9.17, 15) is 4.79 Å². The number of anilines is 1. The van der Waals surface area contributed by atoms with Crippen LogP contribution >= 0.6 is 11.6 Å². The van der Waals surface area contributed by atoms with Gasteiger partial charge >= 0.3 is 0 Å². The maximum Gasteiger partial charge on any atom is 0.246 e. The van der Waals surface area contributed by atoms with Crippen LogP contribution in [0.5, 0.6) is 0 Å². The van der Waals surface area contributed by atoms with Crippen LogP contribution < -0.4 is 4.90 Å². The SMILES string of the molecule is Cc1ccc(/C=C/C(=O)N2CCN(c3ccccc3C)CC2)cc1Cl. The molecule has 0 saturated carbocycles. The van der Waals surface area contributed by atoms with Crippen LogP contribution in [0.4, 0.5) is 5.69 Å². The third-order valence-corrected chi connectivity index (χ3v) is 5.07. The fourth-order valence-corrected chi connectivity index (χ4v) is 3.26. The van der Waals surface area contributed by atoms with Gasteiger partial charge < -0.3 is 9.80 Å². The van der Waals surface area contributed by atoms with E-state index in [0.717, 1.165) is 42.3 Å². The van der Waals surface area contributed by atoms with Gasteiger partial charge in [-0.3, -0.25) is 4.79 Å². The molecular weight excluding hydrogens is 332 g/mol. The van der Waals surface area contributed by atoms with Gasteiger partial charge in [0.2, 0.25) is 5.91 Å². The van der Waals surface area contributed by atoms with Gasteiger partial charge in [0.1, 0.15) is 0 Å². The van der Waals surface area contributed by atoms with Gasteiger partial charge in [-0.1, -0.05) is 41.9 Å². The van der Waals surface area contributed by atoms with Crippen molar-refractivity contribution in [3.8, 4) is 0 Å². The highest BCUT2D eigenvalue weighted by Gasteiger charge is 2.20. The van der Waals surface area contributed by atoms with E-state index in [2.05, 4.69) is 36.1 Å². The number of carbonyl (C=O) groups excluding carboxylic acids is 1. The van der Waals surface area contributed by atoms with E-state index in [1.54, 1.807) is 6.08 Å². The molecule has 25 heavy (non-hydrogen) atoms. The first-order valence-electron chi connectivity index (χ1n) is 8.58. The molecule has 3 nitrogen and oxygen atoms in total. The monoisotopic (exact) mass is 354 g/mol. The van der Waals surface area contributed by atoms with Crippen LogP contribution in [0, 0.1) is 13.8 Å². The van der Waals surface area contributed by atoms with Crippen molar-refractivity contribution >= 4 is 29.3 Å². The van der Waals surface area contributed by atoms with E-state index in [-0.39, 0.29) is 5.91 Å². The van der Waals surface area contributed by atoms with Crippen molar-refractivity contribution in [1.29, 1.82) is 0 Å². The molecular formula is C21H23ClN2O. The lowest BCUT2D eigenvalue weighted by atomic mass is 10.1. The molecule has 2 aromatic rings. The summed E-state index contributed by atoms with van der Waals surface area (Å²) in [7, 11) is 0. The molecule has 1 aliphatic heterocycles. The zero-order chi connectivity index (χ0) is 17.8. The summed E-state index contributed by atoms with van der Waals surface area (Å²) in [6.45, 7) is 7.30. The molecule has 1 aliphatic rings. The second-order valence-electron chi connectivity index (χ2n) is 6.44. The molecule has 1 saturated heterocycles. The van der Waals surface area contributed by atoms with E-state index in [0.29, 0.717) is 0 Å². The summed E-state index contributed by atoms with van der Waals surface area (Å²) in [6.07, 6.45) is 3.48. The Morgan fingerprint density at radius 1 is 1.00 bits per heavy atom. The summed E-state index contributed by atoms with van der Waals surface area (Å²) in [6, 6.07) is 14.2. The van der Waals surface area contributed by atoms with Gasteiger partial charge in [0, 0.05) is 43.0 Å². The highest BCUT2D eigenvalue weighted by atomic mass is 35.5. The van der Waals surface area contributed by atoms with Crippen molar-refractivity contribution in [3.05, 3.63) is 70.3 Å². The van der Waals surface area contributed by atoms with Gasteiger partial charge in [0.15, 0.2) is 0 Å². The van der Waals surface area contributed by atoms with Crippen molar-refractivity contribution < 1.29 is 4.79 Å². The third-order valence-electron chi connectivity index (χ3n) is 4.66. The second-order valence-corrected chi connectivity index (χ2v) is 6.85. The summed E-state index contributed by atoms with van der Waals surface area (Å²) in [5, 5.41) is 0.724. The van der Waals surface area contributed by atoms with Crippen LogP contribution in [0.25, 0.3) is 6.08 Å². The summed E-state index contributed by atoms with van der Waals surface area (Å²) in [5.41, 5.74) is 4.53. The Bertz CT molecular complexity index is 792. The maximum atomic E-state index is 12.4. The number of amides is 1. The fraction of sp³-hybridized carbons (Fsp3) is 0.286. The Hall–Kier alpha value is -2.26. The number of rotatable bonds is 3. The number of hydrogen-bond donors (Lipinski definition) is 0. The normalized spacial score (nSPS) is 15.0. The molecule has 0 spiro atoms. The van der Waals surface area contributed by atoms with Crippen molar-refractivity contribution in [1.82, 2.24) is 4.90 Å². The standard InChI is InChI=1S/C21H23ClN2O/c1-16-7-8-18(15-19(16)22)9-10-21(25)24-13-11-23(12-14-24)20-6-4-3-5-17(20)2/h3-10,15H,11-14H2,1-2H3/b10-9+. The minimum Gasteiger partial charge on any atom is -0.368 e. The zero-order valence-electron chi connectivity index (χ0n) is 14.7. The van der Waals surface area contributed by atoms with Crippen molar-refractivity contribution in [2.45, 2.75) is 13.8 Å².